The van der Waals surface area contributed by atoms with Crippen LogP contribution in [0.2, 0.25) is 0 Å². The van der Waals surface area contributed by atoms with Gasteiger partial charge in [0.05, 0.1) is 0 Å². The fourth-order valence-corrected chi connectivity index (χ4v) is 2.46. The maximum atomic E-state index is 11.7. The van der Waals surface area contributed by atoms with E-state index in [0.717, 1.165) is 18.8 Å². The number of rotatable bonds is 1. The molecule has 0 bridgehead atoms. The minimum Gasteiger partial charge on any atom is -0.398 e. The number of nitrogens with zero attached hydrogens (tertiary/aromatic N) is 1. The number of hydrogen-bond donors (Lipinski definition) is 1. The van der Waals surface area contributed by atoms with E-state index in [9.17, 15) is 4.79 Å². The molecular weight excluding hydrogens is 188 g/mol. The highest BCUT2D eigenvalue weighted by molar-refractivity contribution is 5.33. The molecule has 1 aliphatic carbocycles. The van der Waals surface area contributed by atoms with Crippen molar-refractivity contribution < 1.29 is 0 Å². The van der Waals surface area contributed by atoms with E-state index in [0.29, 0.717) is 11.7 Å². The first-order valence-corrected chi connectivity index (χ1v) is 5.64. The van der Waals surface area contributed by atoms with Crippen molar-refractivity contribution in [3.63, 3.8) is 0 Å². The van der Waals surface area contributed by atoms with E-state index in [2.05, 4.69) is 6.92 Å². The summed E-state index contributed by atoms with van der Waals surface area (Å²) in [6.45, 7) is 2.25. The molecule has 2 N–H and O–H groups in total. The second-order valence-electron chi connectivity index (χ2n) is 4.63. The molecule has 2 atom stereocenters. The third-order valence-corrected chi connectivity index (χ3v) is 3.26. The number of anilines is 1. The van der Waals surface area contributed by atoms with E-state index in [4.69, 9.17) is 5.73 Å². The number of hydrogen-bond acceptors (Lipinski definition) is 2. The molecule has 3 nitrogen and oxygen atoms in total. The van der Waals surface area contributed by atoms with E-state index in [1.165, 1.54) is 12.8 Å². The molecule has 2 unspecified atom stereocenters. The van der Waals surface area contributed by atoms with Gasteiger partial charge in [0.1, 0.15) is 0 Å². The van der Waals surface area contributed by atoms with Gasteiger partial charge >= 0.3 is 0 Å². The summed E-state index contributed by atoms with van der Waals surface area (Å²) in [5.74, 6) is 0.720. The molecule has 3 heteroatoms. The zero-order valence-electron chi connectivity index (χ0n) is 9.15. The Labute approximate surface area is 89.9 Å². The topological polar surface area (TPSA) is 48.0 Å². The van der Waals surface area contributed by atoms with Gasteiger partial charge in [-0.15, -0.1) is 0 Å². The summed E-state index contributed by atoms with van der Waals surface area (Å²) in [5.41, 5.74) is 6.46. The van der Waals surface area contributed by atoms with Gasteiger partial charge in [-0.05, 0) is 24.8 Å². The molecule has 1 aromatic heterocycles. The lowest BCUT2D eigenvalue weighted by molar-refractivity contribution is 0.278. The largest absolute Gasteiger partial charge is 0.398 e. The smallest absolute Gasteiger partial charge is 0.250 e. The molecule has 15 heavy (non-hydrogen) atoms. The highest BCUT2D eigenvalue weighted by Gasteiger charge is 2.20. The summed E-state index contributed by atoms with van der Waals surface area (Å²) in [6, 6.07) is 3.59. The first kappa shape index (κ1) is 10.3. The van der Waals surface area contributed by atoms with Crippen molar-refractivity contribution in [2.24, 2.45) is 5.92 Å². The quantitative estimate of drug-likeness (QED) is 0.765. The Bertz CT molecular complexity index is 397. The van der Waals surface area contributed by atoms with E-state index in [1.807, 2.05) is 4.57 Å². The van der Waals surface area contributed by atoms with Crippen LogP contribution in [-0.2, 0) is 0 Å². The van der Waals surface area contributed by atoms with Crippen LogP contribution in [0.4, 0.5) is 5.69 Å². The number of nitrogen functional groups attached to an aromatic ring is 1. The molecule has 1 aliphatic rings. The van der Waals surface area contributed by atoms with Crippen LogP contribution in [0.3, 0.4) is 0 Å². The lowest BCUT2D eigenvalue weighted by Crippen LogP contribution is -2.27. The fraction of sp³-hybridized carbons (Fsp3) is 0.583. The van der Waals surface area contributed by atoms with Crippen molar-refractivity contribution in [2.45, 2.75) is 38.6 Å². The summed E-state index contributed by atoms with van der Waals surface area (Å²) in [7, 11) is 0. The maximum Gasteiger partial charge on any atom is 0.250 e. The van der Waals surface area contributed by atoms with Gasteiger partial charge in [-0.3, -0.25) is 4.79 Å². The SMILES string of the molecule is CC1CCCC(n2cc(N)ccc2=O)C1. The Morgan fingerprint density at radius 2 is 2.20 bits per heavy atom. The van der Waals surface area contributed by atoms with E-state index in [1.54, 1.807) is 18.3 Å². The van der Waals surface area contributed by atoms with Gasteiger partial charge in [-0.25, -0.2) is 0 Å². The molecule has 2 rings (SSSR count). The summed E-state index contributed by atoms with van der Waals surface area (Å²) < 4.78 is 1.81. The molecule has 0 spiro atoms. The molecule has 0 aliphatic heterocycles. The highest BCUT2D eigenvalue weighted by Crippen LogP contribution is 2.31. The Morgan fingerprint density at radius 3 is 2.93 bits per heavy atom. The average molecular weight is 206 g/mol. The summed E-state index contributed by atoms with van der Waals surface area (Å²) >= 11 is 0. The lowest BCUT2D eigenvalue weighted by atomic mass is 9.87. The summed E-state index contributed by atoms with van der Waals surface area (Å²) in [4.78, 5) is 11.7. The molecule has 0 aromatic carbocycles. The normalized spacial score (nSPS) is 26.5. The van der Waals surface area contributed by atoms with E-state index < -0.39 is 0 Å². The van der Waals surface area contributed by atoms with Gasteiger partial charge in [-0.2, -0.15) is 0 Å². The molecule has 82 valence electrons. The molecule has 1 heterocycles. The van der Waals surface area contributed by atoms with Crippen molar-refractivity contribution in [1.29, 1.82) is 0 Å². The van der Waals surface area contributed by atoms with Gasteiger partial charge in [-0.1, -0.05) is 19.8 Å². The number of aromatic nitrogens is 1. The standard InChI is InChI=1S/C12H18N2O/c1-9-3-2-4-11(7-9)14-8-10(13)5-6-12(14)15/h5-6,8-9,11H,2-4,7,13H2,1H3. The fourth-order valence-electron chi connectivity index (χ4n) is 2.46. The first-order valence-electron chi connectivity index (χ1n) is 5.64. The Balaban J connectivity index is 2.28. The van der Waals surface area contributed by atoms with Crippen molar-refractivity contribution >= 4 is 5.69 Å². The van der Waals surface area contributed by atoms with Crippen LogP contribution in [-0.4, -0.2) is 4.57 Å². The van der Waals surface area contributed by atoms with Crippen molar-refractivity contribution in [3.8, 4) is 0 Å². The van der Waals surface area contributed by atoms with Crippen molar-refractivity contribution in [1.82, 2.24) is 4.57 Å². The van der Waals surface area contributed by atoms with Crippen LogP contribution in [0.25, 0.3) is 0 Å². The molecule has 0 saturated heterocycles. The third-order valence-electron chi connectivity index (χ3n) is 3.26. The molecule has 0 radical (unpaired) electrons. The highest BCUT2D eigenvalue weighted by atomic mass is 16.1. The maximum absolute atomic E-state index is 11.7. The van der Waals surface area contributed by atoms with E-state index >= 15 is 0 Å². The molecule has 1 fully saturated rings. The van der Waals surface area contributed by atoms with Crippen LogP contribution in [0, 0.1) is 5.92 Å². The Morgan fingerprint density at radius 1 is 1.40 bits per heavy atom. The van der Waals surface area contributed by atoms with E-state index in [-0.39, 0.29) is 5.56 Å². The van der Waals surface area contributed by atoms with Gasteiger partial charge in [0.2, 0.25) is 0 Å². The summed E-state index contributed by atoms with van der Waals surface area (Å²) in [6.07, 6.45) is 6.49. The predicted octanol–water partition coefficient (Wildman–Crippen LogP) is 2.18. The number of nitrogens with two attached hydrogens (primary N) is 1. The minimum atomic E-state index is 0.0725. The zero-order valence-corrected chi connectivity index (χ0v) is 9.15. The van der Waals surface area contributed by atoms with Gasteiger partial charge in [0.25, 0.3) is 5.56 Å². The Hall–Kier alpha value is -1.25. The zero-order chi connectivity index (χ0) is 10.8. The second-order valence-corrected chi connectivity index (χ2v) is 4.63. The van der Waals surface area contributed by atoms with Crippen LogP contribution >= 0.6 is 0 Å². The molecule has 1 aromatic rings. The first-order chi connectivity index (χ1) is 7.16. The van der Waals surface area contributed by atoms with Crippen LogP contribution in [0.1, 0.15) is 38.6 Å². The van der Waals surface area contributed by atoms with Crippen LogP contribution in [0.15, 0.2) is 23.1 Å². The van der Waals surface area contributed by atoms with Crippen LogP contribution in [0.5, 0.6) is 0 Å². The van der Waals surface area contributed by atoms with Crippen LogP contribution < -0.4 is 11.3 Å². The van der Waals surface area contributed by atoms with Gasteiger partial charge in [0.15, 0.2) is 0 Å². The third kappa shape index (κ3) is 2.22. The average Bonchev–Trinajstić information content (AvgIpc) is 2.22. The molecule has 0 amide bonds. The summed E-state index contributed by atoms with van der Waals surface area (Å²) in [5, 5.41) is 0. The minimum absolute atomic E-state index is 0.0725. The van der Waals surface area contributed by atoms with Gasteiger partial charge < -0.3 is 10.3 Å². The molecular formula is C12H18N2O. The lowest BCUT2D eigenvalue weighted by Gasteiger charge is -2.28. The van der Waals surface area contributed by atoms with Crippen molar-refractivity contribution in [3.05, 3.63) is 28.7 Å². The second kappa shape index (κ2) is 4.09. The monoisotopic (exact) mass is 206 g/mol. The van der Waals surface area contributed by atoms with Crippen molar-refractivity contribution in [2.75, 3.05) is 5.73 Å². The molecule has 1 saturated carbocycles. The van der Waals surface area contributed by atoms with Gasteiger partial charge in [0, 0.05) is 24.0 Å². The number of pyridine rings is 1. The predicted molar refractivity (Wildman–Crippen MR) is 61.8 cm³/mol. The Kier molecular flexibility index (Phi) is 2.80.